The second-order valence-electron chi connectivity index (χ2n) is 8.07. The quantitative estimate of drug-likeness (QED) is 0.512. The van der Waals surface area contributed by atoms with Crippen molar-refractivity contribution >= 4 is 35.6 Å². The van der Waals surface area contributed by atoms with Crippen molar-refractivity contribution in [1.82, 2.24) is 0 Å². The third-order valence-corrected chi connectivity index (χ3v) is 10.1. The van der Waals surface area contributed by atoms with Gasteiger partial charge in [0.1, 0.15) is 6.07 Å². The molecule has 0 aromatic heterocycles. The van der Waals surface area contributed by atoms with Gasteiger partial charge >= 0.3 is 0 Å². The molecular weight excluding hydrogens is 404 g/mol. The number of hydrogen-bond acceptors (Lipinski definition) is 3. The number of nitriles is 1. The molecule has 0 fully saturated rings. The van der Waals surface area contributed by atoms with Crippen molar-refractivity contribution in [1.29, 1.82) is 5.26 Å². The molecule has 0 aliphatic carbocycles. The predicted octanol–water partition coefficient (Wildman–Crippen LogP) is 7.15. The zero-order valence-corrected chi connectivity index (χ0v) is 18.9. The molecule has 5 heteroatoms. The van der Waals surface area contributed by atoms with Crippen molar-refractivity contribution in [3.63, 3.8) is 0 Å². The van der Waals surface area contributed by atoms with Crippen LogP contribution in [0.4, 0.5) is 11.4 Å². The molecule has 0 unspecified atom stereocenters. The third-order valence-electron chi connectivity index (χ3n) is 5.04. The number of anilines is 2. The zero-order valence-electron chi connectivity index (χ0n) is 16.4. The monoisotopic (exact) mass is 430 g/mol. The maximum Gasteiger partial charge on any atom is 0.192 e. The normalized spacial score (nSPS) is 13.2. The molecule has 1 atom stereocenters. The Kier molecular flexibility index (Phi) is 6.33. The molecule has 0 heterocycles. The number of rotatable bonds is 5. The molecule has 0 aliphatic rings. The van der Waals surface area contributed by atoms with E-state index in [1.165, 1.54) is 0 Å². The van der Waals surface area contributed by atoms with Gasteiger partial charge in [-0.05, 0) is 61.0 Å². The molecule has 2 aromatic carbocycles. The Balaban J connectivity index is 2.14. The van der Waals surface area contributed by atoms with Gasteiger partial charge in [-0.25, -0.2) is 0 Å². The zero-order chi connectivity index (χ0) is 19.5. The second kappa shape index (κ2) is 7.95. The third kappa shape index (κ3) is 4.97. The Hall–Kier alpha value is -1.61. The summed E-state index contributed by atoms with van der Waals surface area (Å²) in [6, 6.07) is 16.0. The first-order valence-electron chi connectivity index (χ1n) is 8.78. The highest BCUT2D eigenvalue weighted by Crippen LogP contribution is 2.39. The van der Waals surface area contributed by atoms with Crippen LogP contribution in [0.1, 0.15) is 44.9 Å². The molecule has 1 N–H and O–H groups in total. The molecule has 138 valence electrons. The van der Waals surface area contributed by atoms with Gasteiger partial charge in [0.15, 0.2) is 8.32 Å². The first-order chi connectivity index (χ1) is 12.0. The lowest BCUT2D eigenvalue weighted by atomic mass is 10.1. The van der Waals surface area contributed by atoms with Gasteiger partial charge in [-0.2, -0.15) is 5.26 Å². The van der Waals surface area contributed by atoms with E-state index >= 15 is 0 Å². The molecule has 2 aromatic rings. The lowest BCUT2D eigenvalue weighted by Gasteiger charge is -2.38. The number of nitrogens with one attached hydrogen (secondary N) is 1. The van der Waals surface area contributed by atoms with Crippen LogP contribution < -0.4 is 5.32 Å². The summed E-state index contributed by atoms with van der Waals surface area (Å²) in [4.78, 5) is 0. The van der Waals surface area contributed by atoms with Gasteiger partial charge < -0.3 is 9.74 Å². The molecule has 0 aliphatic heterocycles. The Morgan fingerprint density at radius 1 is 1.12 bits per heavy atom. The van der Waals surface area contributed by atoms with Gasteiger partial charge in [-0.15, -0.1) is 0 Å². The van der Waals surface area contributed by atoms with E-state index < -0.39 is 8.32 Å². The van der Waals surface area contributed by atoms with Gasteiger partial charge in [0.05, 0.1) is 17.4 Å². The summed E-state index contributed by atoms with van der Waals surface area (Å²) < 4.78 is 7.40. The van der Waals surface area contributed by atoms with Crippen LogP contribution in [0.2, 0.25) is 18.1 Å². The largest absolute Gasteiger partial charge is 0.410 e. The van der Waals surface area contributed by atoms with Gasteiger partial charge in [0, 0.05) is 10.2 Å². The Labute approximate surface area is 166 Å². The van der Waals surface area contributed by atoms with Crippen molar-refractivity contribution in [2.75, 3.05) is 5.32 Å². The van der Waals surface area contributed by atoms with Crippen molar-refractivity contribution in [3.8, 4) is 6.07 Å². The van der Waals surface area contributed by atoms with Crippen molar-refractivity contribution in [2.24, 2.45) is 0 Å². The van der Waals surface area contributed by atoms with Crippen LogP contribution in [0.3, 0.4) is 0 Å². The van der Waals surface area contributed by atoms with E-state index in [1.54, 1.807) is 6.07 Å². The minimum absolute atomic E-state index is 0.0606. The van der Waals surface area contributed by atoms with E-state index in [2.05, 4.69) is 80.2 Å². The van der Waals surface area contributed by atoms with Crippen LogP contribution in [0.5, 0.6) is 0 Å². The fourth-order valence-corrected chi connectivity index (χ4v) is 4.13. The lowest BCUT2D eigenvalue weighted by Crippen LogP contribution is -2.41. The topological polar surface area (TPSA) is 45.0 Å². The van der Waals surface area contributed by atoms with Crippen LogP contribution in [-0.4, -0.2) is 8.32 Å². The predicted molar refractivity (Wildman–Crippen MR) is 115 cm³/mol. The highest BCUT2D eigenvalue weighted by atomic mass is 79.9. The molecule has 3 nitrogen and oxygen atoms in total. The van der Waals surface area contributed by atoms with Crippen LogP contribution >= 0.6 is 15.9 Å². The summed E-state index contributed by atoms with van der Waals surface area (Å²) in [7, 11) is -1.80. The van der Waals surface area contributed by atoms with Gasteiger partial charge in [-0.1, -0.05) is 48.8 Å². The smallest absolute Gasteiger partial charge is 0.192 e. The van der Waals surface area contributed by atoms with Crippen molar-refractivity contribution < 1.29 is 4.43 Å². The lowest BCUT2D eigenvalue weighted by molar-refractivity contribution is 0.203. The molecule has 0 saturated carbocycles. The van der Waals surface area contributed by atoms with Crippen LogP contribution in [0.15, 0.2) is 46.9 Å². The highest BCUT2D eigenvalue weighted by Gasteiger charge is 2.38. The number of halogens is 1. The van der Waals surface area contributed by atoms with Crippen LogP contribution in [0.25, 0.3) is 0 Å². The molecule has 0 bridgehead atoms. The maximum atomic E-state index is 9.26. The minimum atomic E-state index is -1.80. The summed E-state index contributed by atoms with van der Waals surface area (Å²) in [6.45, 7) is 13.4. The second-order valence-corrected chi connectivity index (χ2v) is 13.7. The Morgan fingerprint density at radius 2 is 1.73 bits per heavy atom. The van der Waals surface area contributed by atoms with E-state index in [0.29, 0.717) is 5.56 Å². The van der Waals surface area contributed by atoms with E-state index in [9.17, 15) is 5.26 Å². The highest BCUT2D eigenvalue weighted by molar-refractivity contribution is 9.10. The summed E-state index contributed by atoms with van der Waals surface area (Å²) >= 11 is 3.45. The van der Waals surface area contributed by atoms with Gasteiger partial charge in [-0.3, -0.25) is 0 Å². The fraction of sp³-hybridized carbons (Fsp3) is 0.381. The molecule has 0 amide bonds. The van der Waals surface area contributed by atoms with Crippen molar-refractivity contribution in [3.05, 3.63) is 58.1 Å². The molecule has 26 heavy (non-hydrogen) atoms. The summed E-state index contributed by atoms with van der Waals surface area (Å²) in [5.74, 6) is 0. The molecule has 0 saturated heterocycles. The van der Waals surface area contributed by atoms with Crippen LogP contribution in [-0.2, 0) is 4.43 Å². The first kappa shape index (κ1) is 20.7. The average molecular weight is 431 g/mol. The maximum absolute atomic E-state index is 9.26. The molecule has 0 radical (unpaired) electrons. The van der Waals surface area contributed by atoms with E-state index in [4.69, 9.17) is 4.43 Å². The van der Waals surface area contributed by atoms with Crippen molar-refractivity contribution in [2.45, 2.75) is 51.9 Å². The van der Waals surface area contributed by atoms with Gasteiger partial charge in [0.2, 0.25) is 0 Å². The summed E-state index contributed by atoms with van der Waals surface area (Å²) in [5.41, 5.74) is 3.52. The average Bonchev–Trinajstić information content (AvgIpc) is 2.54. The number of benzene rings is 2. The summed E-state index contributed by atoms with van der Waals surface area (Å²) in [6.07, 6.45) is 0.0606. The van der Waals surface area contributed by atoms with Crippen LogP contribution in [0, 0.1) is 11.3 Å². The fourth-order valence-electron chi connectivity index (χ4n) is 2.40. The SMILES string of the molecule is C[C@@H](O[Si](C)(C)C(C)(C)C)c1ccc(Nc2cc(Br)ccc2C#N)cc1. The first-order valence-corrected chi connectivity index (χ1v) is 12.5. The number of nitrogens with zero attached hydrogens (tertiary/aromatic N) is 1. The van der Waals surface area contributed by atoms with E-state index in [-0.39, 0.29) is 11.1 Å². The van der Waals surface area contributed by atoms with E-state index in [0.717, 1.165) is 21.4 Å². The molecule has 2 rings (SSSR count). The molecule has 0 spiro atoms. The molecular formula is C21H27BrN2OSi. The standard InChI is InChI=1S/C21H27BrN2OSi/c1-15(25-26(5,6)21(2,3)4)16-8-11-19(12-9-16)24-20-13-18(22)10-7-17(20)14-23/h7-13,15,24H,1-6H3/t15-/m1/s1. The number of hydrogen-bond donors (Lipinski definition) is 1. The minimum Gasteiger partial charge on any atom is -0.410 e. The Bertz CT molecular complexity index is 804. The Morgan fingerprint density at radius 3 is 2.27 bits per heavy atom. The van der Waals surface area contributed by atoms with Gasteiger partial charge in [0.25, 0.3) is 0 Å². The summed E-state index contributed by atoms with van der Waals surface area (Å²) in [5, 5.41) is 12.8. The van der Waals surface area contributed by atoms with E-state index in [1.807, 2.05) is 24.3 Å².